The third-order valence-electron chi connectivity index (χ3n) is 5.10. The lowest BCUT2D eigenvalue weighted by Crippen LogP contribution is -2.28. The Hall–Kier alpha value is -2.63. The largest absolute Gasteiger partial charge is 0.382 e. The van der Waals surface area contributed by atoms with Crippen molar-refractivity contribution < 1.29 is 9.63 Å². The van der Waals surface area contributed by atoms with Gasteiger partial charge in [0.25, 0.3) is 5.91 Å². The van der Waals surface area contributed by atoms with Crippen molar-refractivity contribution in [1.29, 1.82) is 0 Å². The zero-order valence-corrected chi connectivity index (χ0v) is 15.2. The molecule has 0 saturated carbocycles. The lowest BCUT2D eigenvalue weighted by Gasteiger charge is -2.20. The van der Waals surface area contributed by atoms with Crippen molar-refractivity contribution in [3.63, 3.8) is 0 Å². The highest BCUT2D eigenvalue weighted by Crippen LogP contribution is 2.33. The predicted octanol–water partition coefficient (Wildman–Crippen LogP) is 3.57. The second-order valence-electron chi connectivity index (χ2n) is 7.25. The van der Waals surface area contributed by atoms with Crippen molar-refractivity contribution in [3.05, 3.63) is 30.5 Å². The van der Waals surface area contributed by atoms with Gasteiger partial charge in [-0.3, -0.25) is 9.78 Å². The molecule has 1 fully saturated rings. The molecule has 136 valence electrons. The number of rotatable bonds is 4. The van der Waals surface area contributed by atoms with Gasteiger partial charge in [0.2, 0.25) is 6.10 Å². The number of nitrogens with zero attached hydrogens (tertiary/aromatic N) is 3. The molecule has 2 aliphatic heterocycles. The molecule has 1 saturated heterocycles. The first-order valence-electron chi connectivity index (χ1n) is 9.29. The minimum absolute atomic E-state index is 0.163. The first-order chi connectivity index (χ1) is 12.6. The van der Waals surface area contributed by atoms with Crippen LogP contribution in [0, 0.1) is 5.92 Å². The number of pyridine rings is 1. The number of oxime groups is 1. The maximum Gasteiger partial charge on any atom is 0.268 e. The van der Waals surface area contributed by atoms with Crippen LogP contribution in [-0.4, -0.2) is 35.8 Å². The van der Waals surface area contributed by atoms with Crippen LogP contribution in [0.4, 0.5) is 11.4 Å². The van der Waals surface area contributed by atoms with Crippen LogP contribution in [0.5, 0.6) is 0 Å². The molecule has 1 amide bonds. The molecule has 4 rings (SSSR count). The van der Waals surface area contributed by atoms with Gasteiger partial charge in [-0.05, 0) is 43.0 Å². The number of anilines is 2. The quantitative estimate of drug-likeness (QED) is 0.913. The molecule has 2 aliphatic rings. The maximum atomic E-state index is 12.6. The fraction of sp³-hybridized carbons (Fsp3) is 0.450. The monoisotopic (exact) mass is 352 g/mol. The average molecular weight is 352 g/mol. The third-order valence-corrected chi connectivity index (χ3v) is 5.10. The van der Waals surface area contributed by atoms with Crippen LogP contribution in [0.3, 0.4) is 0 Å². The number of hydrogen-bond donors (Lipinski definition) is 1. The SMILES string of the molecule is CC(C)C1=NOC(C(=O)Nc2ccc(N3CCCC3)c3ncccc23)C1. The van der Waals surface area contributed by atoms with E-state index < -0.39 is 6.10 Å². The number of aromatic nitrogens is 1. The van der Waals surface area contributed by atoms with E-state index in [4.69, 9.17) is 4.84 Å². The van der Waals surface area contributed by atoms with Crippen molar-refractivity contribution in [2.75, 3.05) is 23.3 Å². The van der Waals surface area contributed by atoms with E-state index in [1.165, 1.54) is 12.8 Å². The lowest BCUT2D eigenvalue weighted by atomic mass is 10.0. The first kappa shape index (κ1) is 16.8. The number of hydrogen-bond acceptors (Lipinski definition) is 5. The van der Waals surface area contributed by atoms with E-state index in [1.54, 1.807) is 6.20 Å². The summed E-state index contributed by atoms with van der Waals surface area (Å²) in [6.07, 6.45) is 4.22. The smallest absolute Gasteiger partial charge is 0.268 e. The molecule has 0 aliphatic carbocycles. The molecule has 0 spiro atoms. The number of fused-ring (bicyclic) bond motifs is 1. The summed E-state index contributed by atoms with van der Waals surface area (Å²) in [4.78, 5) is 24.9. The lowest BCUT2D eigenvalue weighted by molar-refractivity contribution is -0.125. The second kappa shape index (κ2) is 6.94. The molecule has 6 nitrogen and oxygen atoms in total. The molecule has 1 unspecified atom stereocenters. The Bertz CT molecular complexity index is 856. The van der Waals surface area contributed by atoms with Gasteiger partial charge < -0.3 is 15.1 Å². The molecular weight excluding hydrogens is 328 g/mol. The van der Waals surface area contributed by atoms with Crippen LogP contribution >= 0.6 is 0 Å². The third kappa shape index (κ3) is 3.11. The summed E-state index contributed by atoms with van der Waals surface area (Å²) < 4.78 is 0. The molecule has 1 atom stereocenters. The molecular formula is C20H24N4O2. The summed E-state index contributed by atoms with van der Waals surface area (Å²) in [6, 6.07) is 7.93. The van der Waals surface area contributed by atoms with Gasteiger partial charge in [-0.15, -0.1) is 0 Å². The van der Waals surface area contributed by atoms with Crippen molar-refractivity contribution in [3.8, 4) is 0 Å². The van der Waals surface area contributed by atoms with Crippen molar-refractivity contribution in [2.45, 2.75) is 39.2 Å². The topological polar surface area (TPSA) is 66.8 Å². The van der Waals surface area contributed by atoms with Crippen molar-refractivity contribution in [1.82, 2.24) is 4.98 Å². The molecule has 2 aromatic rings. The van der Waals surface area contributed by atoms with Crippen LogP contribution in [0.15, 0.2) is 35.6 Å². The number of carbonyl (C=O) groups excluding carboxylic acids is 1. The van der Waals surface area contributed by atoms with Gasteiger partial charge in [-0.2, -0.15) is 0 Å². The Kier molecular flexibility index (Phi) is 4.49. The Morgan fingerprint density at radius 1 is 1.27 bits per heavy atom. The summed E-state index contributed by atoms with van der Waals surface area (Å²) in [6.45, 7) is 6.22. The standard InChI is InChI=1S/C20H24N4O2/c1-13(2)16-12-18(26-23-16)20(25)22-15-7-8-17(24-10-3-4-11-24)19-14(15)6-5-9-21-19/h5-9,13,18H,3-4,10-12H2,1-2H3,(H,22,25). The number of nitrogens with one attached hydrogen (secondary N) is 1. The van der Waals surface area contributed by atoms with Crippen LogP contribution in [0.25, 0.3) is 10.9 Å². The number of benzene rings is 1. The molecule has 0 radical (unpaired) electrons. The second-order valence-corrected chi connectivity index (χ2v) is 7.25. The highest BCUT2D eigenvalue weighted by atomic mass is 16.6. The van der Waals surface area contributed by atoms with Crippen molar-refractivity contribution >= 4 is 33.9 Å². The molecule has 3 heterocycles. The van der Waals surface area contributed by atoms with Gasteiger partial charge in [0.15, 0.2) is 0 Å². The normalized spacial score (nSPS) is 19.7. The van der Waals surface area contributed by atoms with Crippen LogP contribution < -0.4 is 10.2 Å². The molecule has 1 aromatic carbocycles. The zero-order valence-electron chi connectivity index (χ0n) is 15.2. The van der Waals surface area contributed by atoms with E-state index in [0.29, 0.717) is 6.42 Å². The van der Waals surface area contributed by atoms with E-state index in [0.717, 1.165) is 41.1 Å². The Labute approximate surface area is 153 Å². The highest BCUT2D eigenvalue weighted by molar-refractivity contribution is 6.07. The predicted molar refractivity (Wildman–Crippen MR) is 104 cm³/mol. The Morgan fingerprint density at radius 2 is 2.08 bits per heavy atom. The van der Waals surface area contributed by atoms with E-state index in [-0.39, 0.29) is 11.8 Å². The minimum Gasteiger partial charge on any atom is -0.382 e. The van der Waals surface area contributed by atoms with Gasteiger partial charge in [0.05, 0.1) is 22.6 Å². The van der Waals surface area contributed by atoms with Crippen LogP contribution in [-0.2, 0) is 9.63 Å². The zero-order chi connectivity index (χ0) is 18.1. The molecule has 6 heteroatoms. The summed E-state index contributed by atoms with van der Waals surface area (Å²) in [5, 5.41) is 8.01. The fourth-order valence-corrected chi connectivity index (χ4v) is 3.57. The summed E-state index contributed by atoms with van der Waals surface area (Å²) in [7, 11) is 0. The maximum absolute atomic E-state index is 12.6. The molecule has 0 bridgehead atoms. The summed E-state index contributed by atoms with van der Waals surface area (Å²) in [5.41, 5.74) is 3.76. The molecule has 26 heavy (non-hydrogen) atoms. The van der Waals surface area contributed by atoms with Gasteiger partial charge in [0, 0.05) is 31.1 Å². The van der Waals surface area contributed by atoms with Gasteiger partial charge in [-0.25, -0.2) is 0 Å². The number of amides is 1. The average Bonchev–Trinajstić information content (AvgIpc) is 3.34. The molecule has 1 aromatic heterocycles. The van der Waals surface area contributed by atoms with E-state index >= 15 is 0 Å². The van der Waals surface area contributed by atoms with Crippen LogP contribution in [0.2, 0.25) is 0 Å². The van der Waals surface area contributed by atoms with Gasteiger partial charge >= 0.3 is 0 Å². The Balaban J connectivity index is 1.58. The van der Waals surface area contributed by atoms with Gasteiger partial charge in [-0.1, -0.05) is 19.0 Å². The van der Waals surface area contributed by atoms with Crippen molar-refractivity contribution in [2.24, 2.45) is 11.1 Å². The van der Waals surface area contributed by atoms with E-state index in [9.17, 15) is 4.79 Å². The minimum atomic E-state index is -0.558. The summed E-state index contributed by atoms with van der Waals surface area (Å²) >= 11 is 0. The number of carbonyl (C=O) groups is 1. The van der Waals surface area contributed by atoms with E-state index in [2.05, 4.69) is 40.3 Å². The highest BCUT2D eigenvalue weighted by Gasteiger charge is 2.30. The van der Waals surface area contributed by atoms with Gasteiger partial charge in [0.1, 0.15) is 0 Å². The molecule has 1 N–H and O–H groups in total. The summed E-state index contributed by atoms with van der Waals surface area (Å²) in [5.74, 6) is 0.126. The van der Waals surface area contributed by atoms with Crippen LogP contribution in [0.1, 0.15) is 33.1 Å². The first-order valence-corrected chi connectivity index (χ1v) is 9.29. The fourth-order valence-electron chi connectivity index (χ4n) is 3.57. The van der Waals surface area contributed by atoms with E-state index in [1.807, 2.05) is 18.2 Å². The Morgan fingerprint density at radius 3 is 2.81 bits per heavy atom.